The number of rotatable bonds is 3. The lowest BCUT2D eigenvalue weighted by Crippen LogP contribution is -2.05. The molecule has 0 unspecified atom stereocenters. The second kappa shape index (κ2) is 5.66. The van der Waals surface area contributed by atoms with Crippen molar-refractivity contribution in [1.82, 2.24) is 14.6 Å². The van der Waals surface area contributed by atoms with Crippen molar-refractivity contribution in [3.05, 3.63) is 61.2 Å². The van der Waals surface area contributed by atoms with Crippen LogP contribution in [0.15, 0.2) is 65.6 Å². The molecule has 3 aromatic heterocycles. The fraction of sp³-hybridized carbons (Fsp3) is 0.0556. The van der Waals surface area contributed by atoms with Gasteiger partial charge in [-0.15, -0.1) is 0 Å². The van der Waals surface area contributed by atoms with E-state index in [2.05, 4.69) is 15.4 Å². The van der Waals surface area contributed by atoms with Crippen LogP contribution >= 0.6 is 0 Å². The molecular weight excluding hydrogens is 304 g/mol. The zero-order valence-corrected chi connectivity index (χ0v) is 12.9. The molecule has 0 aliphatic rings. The summed E-state index contributed by atoms with van der Waals surface area (Å²) in [5.74, 6) is -0.0935. The number of benzene rings is 1. The second-order valence-electron chi connectivity index (χ2n) is 5.40. The summed E-state index contributed by atoms with van der Waals surface area (Å²) in [7, 11) is 0. The van der Waals surface area contributed by atoms with Crippen LogP contribution in [0.5, 0.6) is 0 Å². The highest BCUT2D eigenvalue weighted by Crippen LogP contribution is 2.24. The van der Waals surface area contributed by atoms with Crippen molar-refractivity contribution >= 4 is 17.2 Å². The molecule has 0 saturated heterocycles. The normalized spacial score (nSPS) is 10.9. The van der Waals surface area contributed by atoms with Gasteiger partial charge in [0.1, 0.15) is 0 Å². The zero-order valence-electron chi connectivity index (χ0n) is 12.9. The van der Waals surface area contributed by atoms with Crippen molar-refractivity contribution in [3.63, 3.8) is 0 Å². The predicted octanol–water partition coefficient (Wildman–Crippen LogP) is 3.61. The number of hydrogen-bond acceptors (Lipinski definition) is 4. The molecule has 0 saturated carbocycles. The number of fused-ring (bicyclic) bond motifs is 1. The number of carbonyl (C=O) groups excluding carboxylic acids is 1. The predicted molar refractivity (Wildman–Crippen MR) is 90.4 cm³/mol. The molecular formula is C18H14N4O2. The molecule has 0 radical (unpaired) electrons. The van der Waals surface area contributed by atoms with Gasteiger partial charge in [-0.25, -0.2) is 9.50 Å². The highest BCUT2D eigenvalue weighted by Gasteiger charge is 2.09. The summed E-state index contributed by atoms with van der Waals surface area (Å²) < 4.78 is 6.92. The van der Waals surface area contributed by atoms with Crippen LogP contribution in [0.25, 0.3) is 28.2 Å². The smallest absolute Gasteiger partial charge is 0.221 e. The largest absolute Gasteiger partial charge is 0.472 e. The first-order chi connectivity index (χ1) is 11.7. The number of nitrogens with zero attached hydrogens (tertiary/aromatic N) is 3. The molecule has 24 heavy (non-hydrogen) atoms. The molecule has 1 N–H and O–H groups in total. The quantitative estimate of drug-likeness (QED) is 0.626. The summed E-state index contributed by atoms with van der Waals surface area (Å²) in [6, 6.07) is 13.3. The Kier molecular flexibility index (Phi) is 3.35. The Balaban J connectivity index is 1.76. The number of furan rings is 1. The van der Waals surface area contributed by atoms with Crippen molar-refractivity contribution in [2.45, 2.75) is 6.92 Å². The Labute approximate surface area is 137 Å². The minimum absolute atomic E-state index is 0.0935. The third-order valence-corrected chi connectivity index (χ3v) is 3.68. The lowest BCUT2D eigenvalue weighted by molar-refractivity contribution is -0.114. The van der Waals surface area contributed by atoms with E-state index in [0.29, 0.717) is 0 Å². The minimum Gasteiger partial charge on any atom is -0.472 e. The molecule has 6 nitrogen and oxygen atoms in total. The molecule has 118 valence electrons. The molecule has 0 aliphatic heterocycles. The SMILES string of the molecule is CC(=O)Nc1ccc(-c2cnc3ccc(-c4ccoc4)nn23)cc1. The van der Waals surface area contributed by atoms with Gasteiger partial charge < -0.3 is 9.73 Å². The first kappa shape index (κ1) is 14.2. The third-order valence-electron chi connectivity index (χ3n) is 3.68. The first-order valence-corrected chi connectivity index (χ1v) is 7.46. The van der Waals surface area contributed by atoms with Gasteiger partial charge in [0.15, 0.2) is 5.65 Å². The molecule has 4 rings (SSSR count). The molecule has 3 heterocycles. The number of anilines is 1. The van der Waals surface area contributed by atoms with Gasteiger partial charge in [0, 0.05) is 23.7 Å². The van der Waals surface area contributed by atoms with Crippen LogP contribution in [0.2, 0.25) is 0 Å². The lowest BCUT2D eigenvalue weighted by atomic mass is 10.1. The number of nitrogens with one attached hydrogen (secondary N) is 1. The maximum absolute atomic E-state index is 11.1. The van der Waals surface area contributed by atoms with E-state index in [-0.39, 0.29) is 5.91 Å². The summed E-state index contributed by atoms with van der Waals surface area (Å²) in [6.07, 6.45) is 5.07. The average Bonchev–Trinajstić information content (AvgIpc) is 3.24. The van der Waals surface area contributed by atoms with Gasteiger partial charge >= 0.3 is 0 Å². The summed E-state index contributed by atoms with van der Waals surface area (Å²) in [4.78, 5) is 15.5. The topological polar surface area (TPSA) is 72.4 Å². The zero-order chi connectivity index (χ0) is 16.5. The van der Waals surface area contributed by atoms with Gasteiger partial charge in [-0.1, -0.05) is 12.1 Å². The molecule has 0 spiro atoms. The minimum atomic E-state index is -0.0935. The average molecular weight is 318 g/mol. The van der Waals surface area contributed by atoms with Crippen molar-refractivity contribution in [2.75, 3.05) is 5.32 Å². The van der Waals surface area contributed by atoms with Crippen molar-refractivity contribution in [2.24, 2.45) is 0 Å². The summed E-state index contributed by atoms with van der Waals surface area (Å²) >= 11 is 0. The van der Waals surface area contributed by atoms with Gasteiger partial charge in [0.25, 0.3) is 0 Å². The number of carbonyl (C=O) groups is 1. The molecule has 6 heteroatoms. The van der Waals surface area contributed by atoms with Crippen LogP contribution in [0.3, 0.4) is 0 Å². The highest BCUT2D eigenvalue weighted by molar-refractivity contribution is 5.88. The Morgan fingerprint density at radius 2 is 1.92 bits per heavy atom. The van der Waals surface area contributed by atoms with Crippen molar-refractivity contribution in [1.29, 1.82) is 0 Å². The van der Waals surface area contributed by atoms with E-state index >= 15 is 0 Å². The lowest BCUT2D eigenvalue weighted by Gasteiger charge is -2.05. The van der Waals surface area contributed by atoms with E-state index in [1.54, 1.807) is 23.2 Å². The Morgan fingerprint density at radius 1 is 1.08 bits per heavy atom. The van der Waals surface area contributed by atoms with E-state index in [9.17, 15) is 4.79 Å². The van der Waals surface area contributed by atoms with Crippen LogP contribution in [0, 0.1) is 0 Å². The van der Waals surface area contributed by atoms with Crippen LogP contribution in [-0.2, 0) is 4.79 Å². The number of hydrogen-bond donors (Lipinski definition) is 1. The first-order valence-electron chi connectivity index (χ1n) is 7.46. The standard InChI is InChI=1S/C18H14N4O2/c1-12(23)20-15-4-2-13(3-5-15)17-10-19-18-7-6-16(21-22(17)18)14-8-9-24-11-14/h2-11H,1H3,(H,20,23). The van der Waals surface area contributed by atoms with Crippen LogP contribution in [-0.4, -0.2) is 20.5 Å². The Morgan fingerprint density at radius 3 is 2.62 bits per heavy atom. The second-order valence-corrected chi connectivity index (χ2v) is 5.40. The fourth-order valence-corrected chi connectivity index (χ4v) is 2.56. The maximum Gasteiger partial charge on any atom is 0.221 e. The third kappa shape index (κ3) is 2.54. The van der Waals surface area contributed by atoms with E-state index < -0.39 is 0 Å². The van der Waals surface area contributed by atoms with Gasteiger partial charge in [0.05, 0.1) is 30.1 Å². The monoisotopic (exact) mass is 318 g/mol. The van der Waals surface area contributed by atoms with E-state index in [1.807, 2.05) is 42.5 Å². The van der Waals surface area contributed by atoms with Crippen LogP contribution < -0.4 is 5.32 Å². The van der Waals surface area contributed by atoms with E-state index in [0.717, 1.165) is 33.8 Å². The number of amides is 1. The van der Waals surface area contributed by atoms with Crippen LogP contribution in [0.4, 0.5) is 5.69 Å². The molecule has 4 aromatic rings. The molecule has 1 amide bonds. The van der Waals surface area contributed by atoms with Gasteiger partial charge in [-0.3, -0.25) is 4.79 Å². The van der Waals surface area contributed by atoms with E-state index in [4.69, 9.17) is 4.42 Å². The molecule has 0 bridgehead atoms. The fourth-order valence-electron chi connectivity index (χ4n) is 2.56. The molecule has 0 fully saturated rings. The summed E-state index contributed by atoms with van der Waals surface area (Å²) in [6.45, 7) is 1.49. The molecule has 1 aromatic carbocycles. The van der Waals surface area contributed by atoms with Gasteiger partial charge in [-0.05, 0) is 30.3 Å². The van der Waals surface area contributed by atoms with Gasteiger partial charge in [0.2, 0.25) is 5.91 Å². The van der Waals surface area contributed by atoms with Crippen molar-refractivity contribution in [3.8, 4) is 22.5 Å². The van der Waals surface area contributed by atoms with Gasteiger partial charge in [-0.2, -0.15) is 5.10 Å². The number of aromatic nitrogens is 3. The van der Waals surface area contributed by atoms with Crippen LogP contribution in [0.1, 0.15) is 6.92 Å². The molecule has 0 aliphatic carbocycles. The maximum atomic E-state index is 11.1. The highest BCUT2D eigenvalue weighted by atomic mass is 16.3. The Bertz CT molecular complexity index is 1000. The van der Waals surface area contributed by atoms with E-state index in [1.165, 1.54) is 6.92 Å². The van der Waals surface area contributed by atoms with Crippen molar-refractivity contribution < 1.29 is 9.21 Å². The summed E-state index contributed by atoms with van der Waals surface area (Å²) in [5.41, 5.74) is 5.09. The molecule has 0 atom stereocenters. The number of imidazole rings is 1. The summed E-state index contributed by atoms with van der Waals surface area (Å²) in [5, 5.41) is 7.40. The Hall–Kier alpha value is -3.41.